The summed E-state index contributed by atoms with van der Waals surface area (Å²) in [7, 11) is 0. The number of aliphatic hydroxyl groups excluding tert-OH is 1. The number of halogens is 2. The topological polar surface area (TPSA) is 20.2 Å². The van der Waals surface area contributed by atoms with E-state index >= 15 is 0 Å². The molecule has 0 aliphatic rings. The van der Waals surface area contributed by atoms with Gasteiger partial charge in [0, 0.05) is 9.92 Å². The highest BCUT2D eigenvalue weighted by Gasteiger charge is 2.03. The number of alkyl halides is 1. The zero-order valence-corrected chi connectivity index (χ0v) is 8.53. The molecule has 1 rings (SSSR count). The summed E-state index contributed by atoms with van der Waals surface area (Å²) in [4.78, 5) is 0.965. The number of thioether (sulfide) groups is 1. The third kappa shape index (κ3) is 3.23. The summed E-state index contributed by atoms with van der Waals surface area (Å²) in [6.45, 7) is 0. The van der Waals surface area contributed by atoms with Crippen LogP contribution in [0, 0.1) is 0 Å². The zero-order valence-electron chi connectivity index (χ0n) is 6.21. The molecule has 0 aliphatic carbocycles. The van der Waals surface area contributed by atoms with Gasteiger partial charge in [-0.1, -0.05) is 23.4 Å². The quantitative estimate of drug-likeness (QED) is 0.483. The highest BCUT2D eigenvalue weighted by molar-refractivity contribution is 7.99. The van der Waals surface area contributed by atoms with Gasteiger partial charge in [-0.05, 0) is 24.3 Å². The van der Waals surface area contributed by atoms with Crippen molar-refractivity contribution in [3.05, 3.63) is 29.3 Å². The Morgan fingerprint density at radius 2 is 1.92 bits per heavy atom. The molecule has 0 spiro atoms. The maximum absolute atomic E-state index is 9.18. The van der Waals surface area contributed by atoms with Crippen molar-refractivity contribution in [3.8, 4) is 0 Å². The Labute approximate surface area is 85.7 Å². The number of aliphatic hydroxyl groups is 1. The summed E-state index contributed by atoms with van der Waals surface area (Å²) in [5.41, 5.74) is -0.548. The Hall–Kier alpha value is 0.110. The SMILES string of the molecule is OC(CCl)Sc1ccc(Cl)cc1. The molecule has 0 saturated carbocycles. The lowest BCUT2D eigenvalue weighted by molar-refractivity contribution is 0.287. The average Bonchev–Trinajstić information content (AvgIpc) is 2.09. The summed E-state index contributed by atoms with van der Waals surface area (Å²) in [5, 5.41) is 9.87. The van der Waals surface area contributed by atoms with Crippen LogP contribution in [0.25, 0.3) is 0 Å². The van der Waals surface area contributed by atoms with E-state index in [1.165, 1.54) is 11.8 Å². The molecule has 12 heavy (non-hydrogen) atoms. The van der Waals surface area contributed by atoms with E-state index in [1.54, 1.807) is 12.1 Å². The van der Waals surface area contributed by atoms with E-state index in [0.29, 0.717) is 5.02 Å². The van der Waals surface area contributed by atoms with Crippen LogP contribution in [0.15, 0.2) is 29.2 Å². The molecule has 1 atom stereocenters. The molecule has 4 heteroatoms. The third-order valence-corrected chi connectivity index (χ3v) is 2.93. The van der Waals surface area contributed by atoms with Crippen LogP contribution in [-0.4, -0.2) is 16.4 Å². The van der Waals surface area contributed by atoms with Gasteiger partial charge in [-0.2, -0.15) is 0 Å². The monoisotopic (exact) mass is 222 g/mol. The lowest BCUT2D eigenvalue weighted by atomic mass is 10.4. The Bertz CT molecular complexity index is 237. The summed E-state index contributed by atoms with van der Waals surface area (Å²) >= 11 is 12.4. The van der Waals surface area contributed by atoms with Gasteiger partial charge in [-0.3, -0.25) is 0 Å². The molecular formula is C8H8Cl2OS. The molecule has 0 bridgehead atoms. The van der Waals surface area contributed by atoms with E-state index in [1.807, 2.05) is 12.1 Å². The Kier molecular flexibility index (Phi) is 4.22. The predicted molar refractivity (Wildman–Crippen MR) is 54.0 cm³/mol. The largest absolute Gasteiger partial charge is 0.381 e. The van der Waals surface area contributed by atoms with Gasteiger partial charge in [-0.25, -0.2) is 0 Å². The van der Waals surface area contributed by atoms with Crippen molar-refractivity contribution >= 4 is 35.0 Å². The standard InChI is InChI=1S/C8H8Cl2OS/c9-5-8(11)12-7-3-1-6(10)2-4-7/h1-4,8,11H,5H2. The van der Waals surface area contributed by atoms with Crippen molar-refractivity contribution in [1.82, 2.24) is 0 Å². The van der Waals surface area contributed by atoms with E-state index < -0.39 is 5.44 Å². The first kappa shape index (κ1) is 10.2. The second-order valence-corrected chi connectivity index (χ2v) is 4.18. The maximum atomic E-state index is 9.18. The van der Waals surface area contributed by atoms with Crippen LogP contribution < -0.4 is 0 Å². The zero-order chi connectivity index (χ0) is 8.97. The van der Waals surface area contributed by atoms with Crippen molar-refractivity contribution in [1.29, 1.82) is 0 Å². The van der Waals surface area contributed by atoms with Gasteiger partial charge >= 0.3 is 0 Å². The van der Waals surface area contributed by atoms with Gasteiger partial charge < -0.3 is 5.11 Å². The van der Waals surface area contributed by atoms with Gasteiger partial charge in [-0.15, -0.1) is 11.6 Å². The van der Waals surface area contributed by atoms with Gasteiger partial charge in [0.25, 0.3) is 0 Å². The van der Waals surface area contributed by atoms with Crippen LogP contribution in [0.3, 0.4) is 0 Å². The first-order valence-electron chi connectivity index (χ1n) is 3.38. The Morgan fingerprint density at radius 3 is 2.42 bits per heavy atom. The van der Waals surface area contributed by atoms with Gasteiger partial charge in [0.2, 0.25) is 0 Å². The minimum absolute atomic E-state index is 0.229. The molecule has 0 radical (unpaired) electrons. The fourth-order valence-corrected chi connectivity index (χ4v) is 1.69. The van der Waals surface area contributed by atoms with Crippen LogP contribution in [0.1, 0.15) is 0 Å². The molecule has 1 aromatic rings. The highest BCUT2D eigenvalue weighted by Crippen LogP contribution is 2.23. The number of hydrogen-bond donors (Lipinski definition) is 1. The smallest absolute Gasteiger partial charge is 0.117 e. The van der Waals surface area contributed by atoms with Gasteiger partial charge in [0.15, 0.2) is 0 Å². The van der Waals surface area contributed by atoms with Crippen molar-refractivity contribution < 1.29 is 5.11 Å². The van der Waals surface area contributed by atoms with Gasteiger partial charge in [0.1, 0.15) is 5.44 Å². The molecule has 66 valence electrons. The minimum Gasteiger partial charge on any atom is -0.381 e. The molecule has 1 unspecified atom stereocenters. The molecule has 1 nitrogen and oxygen atoms in total. The summed E-state index contributed by atoms with van der Waals surface area (Å²) in [6.07, 6.45) is 0. The lowest BCUT2D eigenvalue weighted by Gasteiger charge is -2.05. The lowest BCUT2D eigenvalue weighted by Crippen LogP contribution is -2.00. The molecule has 0 heterocycles. The fourth-order valence-electron chi connectivity index (χ4n) is 0.702. The van der Waals surface area contributed by atoms with Crippen LogP contribution in [0.5, 0.6) is 0 Å². The summed E-state index contributed by atoms with van der Waals surface area (Å²) < 4.78 is 0. The predicted octanol–water partition coefficient (Wildman–Crippen LogP) is 2.99. The van der Waals surface area contributed by atoms with Gasteiger partial charge in [0.05, 0.1) is 5.88 Å². The molecular weight excluding hydrogens is 215 g/mol. The third-order valence-electron chi connectivity index (χ3n) is 1.22. The van der Waals surface area contributed by atoms with E-state index in [0.717, 1.165) is 4.90 Å². The summed E-state index contributed by atoms with van der Waals surface area (Å²) in [5.74, 6) is 0.229. The Morgan fingerprint density at radius 1 is 1.33 bits per heavy atom. The van der Waals surface area contributed by atoms with Crippen LogP contribution in [0.4, 0.5) is 0 Å². The minimum atomic E-state index is -0.548. The van der Waals surface area contributed by atoms with Crippen LogP contribution in [0.2, 0.25) is 5.02 Å². The van der Waals surface area contributed by atoms with E-state index in [4.69, 9.17) is 23.2 Å². The second-order valence-electron chi connectivity index (χ2n) is 2.18. The number of rotatable bonds is 3. The number of hydrogen-bond acceptors (Lipinski definition) is 2. The van der Waals surface area contributed by atoms with E-state index in [2.05, 4.69) is 0 Å². The highest BCUT2D eigenvalue weighted by atomic mass is 35.5. The van der Waals surface area contributed by atoms with Crippen molar-refractivity contribution in [3.63, 3.8) is 0 Å². The fraction of sp³-hybridized carbons (Fsp3) is 0.250. The van der Waals surface area contributed by atoms with Crippen molar-refractivity contribution in [2.24, 2.45) is 0 Å². The second kappa shape index (κ2) is 4.97. The van der Waals surface area contributed by atoms with Crippen LogP contribution in [-0.2, 0) is 0 Å². The first-order chi connectivity index (χ1) is 5.72. The molecule has 0 aliphatic heterocycles. The van der Waals surface area contributed by atoms with E-state index in [9.17, 15) is 5.11 Å². The summed E-state index contributed by atoms with van der Waals surface area (Å²) in [6, 6.07) is 7.27. The van der Waals surface area contributed by atoms with Crippen molar-refractivity contribution in [2.75, 3.05) is 5.88 Å². The molecule has 0 aromatic heterocycles. The molecule has 1 N–H and O–H groups in total. The Balaban J connectivity index is 2.58. The molecule has 0 amide bonds. The van der Waals surface area contributed by atoms with Crippen LogP contribution >= 0.6 is 35.0 Å². The molecule has 0 saturated heterocycles. The average molecular weight is 223 g/mol. The normalized spacial score (nSPS) is 12.9. The maximum Gasteiger partial charge on any atom is 0.117 e. The molecule has 0 fully saturated rings. The molecule has 1 aromatic carbocycles. The van der Waals surface area contributed by atoms with Crippen molar-refractivity contribution in [2.45, 2.75) is 10.3 Å². The first-order valence-corrected chi connectivity index (χ1v) is 5.18. The van der Waals surface area contributed by atoms with E-state index in [-0.39, 0.29) is 5.88 Å². The number of benzene rings is 1.